The van der Waals surface area contributed by atoms with Gasteiger partial charge in [-0.25, -0.2) is 9.59 Å². The van der Waals surface area contributed by atoms with E-state index in [1.54, 1.807) is 20.8 Å². The Morgan fingerprint density at radius 1 is 1.21 bits per heavy atom. The fourth-order valence-electron chi connectivity index (χ4n) is 2.35. The third-order valence-electron chi connectivity index (χ3n) is 3.62. The molecule has 1 aromatic rings. The van der Waals surface area contributed by atoms with Gasteiger partial charge in [0.25, 0.3) is 0 Å². The predicted octanol–water partition coefficient (Wildman–Crippen LogP) is 3.58. The molecule has 0 saturated carbocycles. The Bertz CT molecular complexity index is 613. The van der Waals surface area contributed by atoms with Crippen LogP contribution in [0.15, 0.2) is 43.0 Å². The van der Waals surface area contributed by atoms with Crippen molar-refractivity contribution in [3.63, 3.8) is 0 Å². The van der Waals surface area contributed by atoms with Gasteiger partial charge in [-0.05, 0) is 52.1 Å². The van der Waals surface area contributed by atoms with E-state index in [1.165, 1.54) is 6.08 Å². The first-order chi connectivity index (χ1) is 13.3. The van der Waals surface area contributed by atoms with Gasteiger partial charge in [0, 0.05) is 0 Å². The Morgan fingerprint density at radius 2 is 1.89 bits per heavy atom. The summed E-state index contributed by atoms with van der Waals surface area (Å²) < 4.78 is 10.6. The Hall–Kier alpha value is -2.38. The van der Waals surface area contributed by atoms with E-state index in [2.05, 4.69) is 6.58 Å². The highest BCUT2D eigenvalue weighted by Gasteiger charge is 2.35. The van der Waals surface area contributed by atoms with Crippen LogP contribution in [0, 0.1) is 0 Å². The van der Waals surface area contributed by atoms with E-state index in [4.69, 9.17) is 20.0 Å². The smallest absolute Gasteiger partial charge is 0.435 e. The highest BCUT2D eigenvalue weighted by Crippen LogP contribution is 2.18. The summed E-state index contributed by atoms with van der Waals surface area (Å²) in [6, 6.07) is 8.42. The number of ether oxygens (including phenoxy) is 2. The second-order valence-corrected chi connectivity index (χ2v) is 7.28. The molecule has 1 atom stereocenters. The van der Waals surface area contributed by atoms with E-state index in [-0.39, 0.29) is 13.2 Å². The molecule has 0 fully saturated rings. The van der Waals surface area contributed by atoms with Gasteiger partial charge in [0.2, 0.25) is 0 Å². The molecule has 0 radical (unpaired) electrons. The van der Waals surface area contributed by atoms with Crippen LogP contribution in [0.5, 0.6) is 0 Å². The summed E-state index contributed by atoms with van der Waals surface area (Å²) in [5.74, 6) is -0.573. The van der Waals surface area contributed by atoms with Crippen LogP contribution in [0.3, 0.4) is 0 Å². The number of rotatable bonds is 11. The molecule has 0 aromatic heterocycles. The largest absolute Gasteiger partial charge is 0.460 e. The lowest BCUT2D eigenvalue weighted by Gasteiger charge is -2.31. The van der Waals surface area contributed by atoms with Gasteiger partial charge in [-0.2, -0.15) is 5.06 Å². The first-order valence-electron chi connectivity index (χ1n) is 9.45. The van der Waals surface area contributed by atoms with Crippen LogP contribution in [0.25, 0.3) is 0 Å². The van der Waals surface area contributed by atoms with Crippen molar-refractivity contribution < 1.29 is 23.9 Å². The number of esters is 1. The Balaban J connectivity index is 3.02. The van der Waals surface area contributed by atoms with Crippen LogP contribution in [-0.4, -0.2) is 41.9 Å². The van der Waals surface area contributed by atoms with Gasteiger partial charge in [0.15, 0.2) is 6.04 Å². The Morgan fingerprint density at radius 3 is 2.46 bits per heavy atom. The maximum atomic E-state index is 12.8. The number of carbonyl (C=O) groups is 2. The second-order valence-electron chi connectivity index (χ2n) is 7.28. The summed E-state index contributed by atoms with van der Waals surface area (Å²) in [5.41, 5.74) is 5.68. The van der Waals surface area contributed by atoms with E-state index in [0.29, 0.717) is 25.8 Å². The van der Waals surface area contributed by atoms with E-state index in [1.807, 2.05) is 30.3 Å². The average molecular weight is 392 g/mol. The number of hydrogen-bond acceptors (Lipinski definition) is 6. The molecule has 0 unspecified atom stereocenters. The maximum absolute atomic E-state index is 12.8. The fraction of sp³-hybridized carbons (Fsp3) is 0.524. The zero-order valence-electron chi connectivity index (χ0n) is 17.1. The lowest BCUT2D eigenvalue weighted by molar-refractivity contribution is -0.196. The minimum atomic E-state index is -0.940. The molecule has 1 aromatic carbocycles. The topological polar surface area (TPSA) is 91.1 Å². The zero-order chi connectivity index (χ0) is 21.0. The molecule has 1 amide bonds. The minimum Gasteiger partial charge on any atom is -0.460 e. The summed E-state index contributed by atoms with van der Waals surface area (Å²) in [7, 11) is 0. The van der Waals surface area contributed by atoms with E-state index >= 15 is 0 Å². The summed E-state index contributed by atoms with van der Waals surface area (Å²) in [5, 5.41) is 0.986. The standard InChI is InChI=1S/C21H32N2O5/c1-5-15-26-19(24)18(13-9-10-14-22)23(20(25)28-21(2,3)4)27-16-17-11-7-6-8-12-17/h5-8,11-12,18H,1,9-10,13-16,22H2,2-4H3/t18-/m0/s1. The van der Waals surface area contributed by atoms with Gasteiger partial charge in [-0.15, -0.1) is 0 Å². The number of nitrogens with two attached hydrogens (primary N) is 1. The third kappa shape index (κ3) is 9.01. The first kappa shape index (κ1) is 23.7. The van der Waals surface area contributed by atoms with Gasteiger partial charge in [0.1, 0.15) is 18.8 Å². The van der Waals surface area contributed by atoms with Crippen molar-refractivity contribution >= 4 is 12.1 Å². The number of benzene rings is 1. The highest BCUT2D eigenvalue weighted by molar-refractivity contribution is 5.81. The number of amides is 1. The molecule has 0 heterocycles. The molecular weight excluding hydrogens is 360 g/mol. The SMILES string of the molecule is C=CCOC(=O)[C@H](CCCCN)N(OCc1ccccc1)C(=O)OC(C)(C)C. The summed E-state index contributed by atoms with van der Waals surface area (Å²) >= 11 is 0. The number of hydroxylamine groups is 2. The Labute approximate surface area is 167 Å². The van der Waals surface area contributed by atoms with Gasteiger partial charge in [-0.1, -0.05) is 43.0 Å². The fourth-order valence-corrected chi connectivity index (χ4v) is 2.35. The highest BCUT2D eigenvalue weighted by atomic mass is 16.7. The van der Waals surface area contributed by atoms with Crippen LogP contribution in [0.2, 0.25) is 0 Å². The molecule has 28 heavy (non-hydrogen) atoms. The molecule has 2 N–H and O–H groups in total. The molecule has 156 valence electrons. The maximum Gasteiger partial charge on any atom is 0.435 e. The summed E-state index contributed by atoms with van der Waals surface area (Å²) in [4.78, 5) is 31.1. The molecule has 0 spiro atoms. The van der Waals surface area contributed by atoms with E-state index < -0.39 is 23.7 Å². The Kier molecular flexibility index (Phi) is 10.3. The molecule has 0 saturated heterocycles. The zero-order valence-corrected chi connectivity index (χ0v) is 17.1. The molecular formula is C21H32N2O5. The quantitative estimate of drug-likeness (QED) is 0.268. The van der Waals surface area contributed by atoms with Crippen LogP contribution < -0.4 is 5.73 Å². The molecule has 0 aliphatic carbocycles. The molecule has 0 aliphatic rings. The van der Waals surface area contributed by atoms with Crippen molar-refractivity contribution in [3.05, 3.63) is 48.6 Å². The molecule has 7 heteroatoms. The minimum absolute atomic E-state index is 0.0487. The molecule has 0 aliphatic heterocycles. The predicted molar refractivity (Wildman–Crippen MR) is 107 cm³/mol. The van der Waals surface area contributed by atoms with Crippen molar-refractivity contribution in [2.45, 2.75) is 58.3 Å². The van der Waals surface area contributed by atoms with Crippen LogP contribution in [0.4, 0.5) is 4.79 Å². The van der Waals surface area contributed by atoms with E-state index in [9.17, 15) is 9.59 Å². The van der Waals surface area contributed by atoms with Crippen LogP contribution in [0.1, 0.15) is 45.6 Å². The van der Waals surface area contributed by atoms with Gasteiger partial charge in [-0.3, -0.25) is 4.84 Å². The van der Waals surface area contributed by atoms with Gasteiger partial charge >= 0.3 is 12.1 Å². The van der Waals surface area contributed by atoms with Crippen molar-refractivity contribution in [3.8, 4) is 0 Å². The third-order valence-corrected chi connectivity index (χ3v) is 3.62. The van der Waals surface area contributed by atoms with Crippen LogP contribution >= 0.6 is 0 Å². The number of unbranched alkanes of at least 4 members (excludes halogenated alkanes) is 1. The first-order valence-corrected chi connectivity index (χ1v) is 9.45. The van der Waals surface area contributed by atoms with Crippen molar-refractivity contribution in [1.82, 2.24) is 5.06 Å². The second kappa shape index (κ2) is 12.2. The van der Waals surface area contributed by atoms with Gasteiger partial charge in [0.05, 0.1) is 0 Å². The van der Waals surface area contributed by atoms with Crippen molar-refractivity contribution in [2.24, 2.45) is 5.73 Å². The summed E-state index contributed by atoms with van der Waals surface area (Å²) in [6.45, 7) is 9.44. The average Bonchev–Trinajstić information content (AvgIpc) is 2.64. The molecule has 7 nitrogen and oxygen atoms in total. The molecule has 0 bridgehead atoms. The lowest BCUT2D eigenvalue weighted by atomic mass is 10.1. The number of nitrogens with zero attached hydrogens (tertiary/aromatic N) is 1. The lowest BCUT2D eigenvalue weighted by Crippen LogP contribution is -2.47. The van der Waals surface area contributed by atoms with Gasteiger partial charge < -0.3 is 15.2 Å². The van der Waals surface area contributed by atoms with Crippen molar-refractivity contribution in [2.75, 3.05) is 13.2 Å². The van der Waals surface area contributed by atoms with Crippen LogP contribution in [-0.2, 0) is 25.7 Å². The number of hydrogen-bond donors (Lipinski definition) is 1. The van der Waals surface area contributed by atoms with Crippen molar-refractivity contribution in [1.29, 1.82) is 0 Å². The molecule has 1 rings (SSSR count). The number of carbonyl (C=O) groups excluding carboxylic acids is 2. The van der Waals surface area contributed by atoms with E-state index in [0.717, 1.165) is 10.6 Å². The monoisotopic (exact) mass is 392 g/mol. The normalized spacial score (nSPS) is 12.1. The summed E-state index contributed by atoms with van der Waals surface area (Å²) in [6.07, 6.45) is 2.43.